The molecule has 8 heteroatoms. The minimum atomic E-state index is -0.128. The van der Waals surface area contributed by atoms with Gasteiger partial charge in [0.1, 0.15) is 0 Å². The van der Waals surface area contributed by atoms with Gasteiger partial charge in [-0.15, -0.1) is 0 Å². The summed E-state index contributed by atoms with van der Waals surface area (Å²) >= 11 is 0. The molecule has 8 aliphatic rings. The Morgan fingerprint density at radius 1 is 0.182 bits per heavy atom. The molecule has 0 aromatic rings. The maximum Gasteiger partial charge on any atom is 0.0607 e. The highest BCUT2D eigenvalue weighted by Crippen LogP contribution is 2.38. The Bertz CT molecular complexity index is 1640. The van der Waals surface area contributed by atoms with Gasteiger partial charge in [0.25, 0.3) is 0 Å². The van der Waals surface area contributed by atoms with Gasteiger partial charge in [-0.3, -0.25) is 0 Å². The van der Waals surface area contributed by atoms with Crippen LogP contribution in [0.3, 0.4) is 0 Å². The Hall–Kier alpha value is -2.40. The van der Waals surface area contributed by atoms with Crippen molar-refractivity contribution >= 4 is 0 Å². The second-order valence-corrected chi connectivity index (χ2v) is 31.5. The summed E-state index contributed by atoms with van der Waals surface area (Å²) in [5.74, 6) is 8.49. The van der Waals surface area contributed by atoms with Crippen molar-refractivity contribution in [3.63, 3.8) is 0 Å². The van der Waals surface area contributed by atoms with E-state index < -0.39 is 0 Å². The van der Waals surface area contributed by atoms with Crippen LogP contribution in [-0.4, -0.2) is 89.7 Å². The predicted octanol–water partition coefficient (Wildman–Crippen LogP) is 18.9. The van der Waals surface area contributed by atoms with Crippen molar-refractivity contribution < 1.29 is 40.9 Å². The SMILES string of the molecule is C=C(C)C1CCC(C)CC1O.C=C(C)C1CCC(C)C[C@H]1O.C=C(C)C1CC[C@@H](C)CC1O.C=C(C)C1CC[C@@H](C)C[C@H]1O.C=C(C)[C@H]1CCC(C)CC1O.C=C(C)[C@H]1CCC(C)C[C@H]1O.C=C(C)[C@H]1CC[C@@H](C)CC1O.C=C(C)[C@H]1CC[C@@H](C)C[C@H]1O. The van der Waals surface area contributed by atoms with Gasteiger partial charge in [-0.2, -0.15) is 0 Å². The molecular weight excluding hydrogens is 1090 g/mol. The summed E-state index contributed by atoms with van der Waals surface area (Å²) in [6.07, 6.45) is 25.6. The average Bonchev–Trinajstić information content (AvgIpc) is 3.51. The van der Waals surface area contributed by atoms with E-state index in [0.29, 0.717) is 94.7 Å². The molecule has 0 aromatic heterocycles. The van der Waals surface area contributed by atoms with E-state index in [2.05, 4.69) is 108 Å². The highest BCUT2D eigenvalue weighted by molar-refractivity contribution is 5.07. The molecule has 512 valence electrons. The van der Waals surface area contributed by atoms with Crippen LogP contribution in [0.5, 0.6) is 0 Å². The lowest BCUT2D eigenvalue weighted by Crippen LogP contribution is -2.28. The molecule has 0 radical (unpaired) electrons. The van der Waals surface area contributed by atoms with Crippen molar-refractivity contribution in [1.82, 2.24) is 0 Å². The smallest absolute Gasteiger partial charge is 0.0607 e. The van der Waals surface area contributed by atoms with Crippen LogP contribution in [-0.2, 0) is 0 Å². The Morgan fingerprint density at radius 3 is 0.318 bits per heavy atom. The maximum absolute atomic E-state index is 9.65. The first kappa shape index (κ1) is 83.6. The van der Waals surface area contributed by atoms with Crippen LogP contribution in [0.1, 0.15) is 265 Å². The zero-order chi connectivity index (χ0) is 67.4. The van der Waals surface area contributed by atoms with E-state index in [4.69, 9.17) is 0 Å². The molecule has 24 atom stereocenters. The number of hydrogen-bond donors (Lipinski definition) is 8. The van der Waals surface area contributed by atoms with Gasteiger partial charge in [0.05, 0.1) is 48.8 Å². The summed E-state index contributed by atoms with van der Waals surface area (Å²) in [7, 11) is 0. The molecule has 88 heavy (non-hydrogen) atoms. The predicted molar refractivity (Wildman–Crippen MR) is 379 cm³/mol. The first-order valence-corrected chi connectivity index (χ1v) is 35.6. The van der Waals surface area contributed by atoms with Crippen molar-refractivity contribution in [2.45, 2.75) is 314 Å². The van der Waals surface area contributed by atoms with Gasteiger partial charge in [0.2, 0.25) is 0 Å². The van der Waals surface area contributed by atoms with Gasteiger partial charge < -0.3 is 40.9 Å². The van der Waals surface area contributed by atoms with Crippen molar-refractivity contribution in [3.05, 3.63) is 97.2 Å². The van der Waals surface area contributed by atoms with Gasteiger partial charge >= 0.3 is 0 Å². The van der Waals surface area contributed by atoms with Gasteiger partial charge in [-0.05, 0) is 257 Å². The van der Waals surface area contributed by atoms with Gasteiger partial charge in [0, 0.05) is 47.3 Å². The summed E-state index contributed by atoms with van der Waals surface area (Å²) in [4.78, 5) is 0. The number of hydrogen-bond acceptors (Lipinski definition) is 8. The molecule has 0 saturated heterocycles. The van der Waals surface area contributed by atoms with Crippen LogP contribution in [0.4, 0.5) is 0 Å². The van der Waals surface area contributed by atoms with Crippen molar-refractivity contribution in [2.75, 3.05) is 0 Å². The quantitative estimate of drug-likeness (QED) is 0.111. The zero-order valence-corrected chi connectivity index (χ0v) is 60.1. The molecule has 8 nitrogen and oxygen atoms in total. The number of aliphatic hydroxyl groups excluding tert-OH is 8. The molecule has 0 aromatic carbocycles. The average molecular weight is 1230 g/mol. The molecule has 12 unspecified atom stereocenters. The van der Waals surface area contributed by atoms with E-state index in [1.165, 1.54) is 51.4 Å². The topological polar surface area (TPSA) is 162 Å². The minimum absolute atomic E-state index is 0.128. The number of aliphatic hydroxyl groups is 8. The summed E-state index contributed by atoms with van der Waals surface area (Å²) in [6.45, 7) is 64.9. The molecule has 0 spiro atoms. The second kappa shape index (κ2) is 42.8. The monoisotopic (exact) mass is 1230 g/mol. The third-order valence-corrected chi connectivity index (χ3v) is 21.7. The van der Waals surface area contributed by atoms with Gasteiger partial charge in [0.15, 0.2) is 0 Å². The number of rotatable bonds is 8. The molecule has 8 N–H and O–H groups in total. The highest BCUT2D eigenvalue weighted by Gasteiger charge is 2.33. The van der Waals surface area contributed by atoms with Crippen LogP contribution in [0.25, 0.3) is 0 Å². The Kier molecular flexibility index (Phi) is 40.6. The zero-order valence-electron chi connectivity index (χ0n) is 60.1. The van der Waals surface area contributed by atoms with Crippen LogP contribution in [0, 0.1) is 94.7 Å². The lowest BCUT2D eigenvalue weighted by molar-refractivity contribution is 0.0653. The molecule has 0 heterocycles. The molecule has 8 aliphatic carbocycles. The second-order valence-electron chi connectivity index (χ2n) is 31.5. The lowest BCUT2D eigenvalue weighted by atomic mass is 9.78. The van der Waals surface area contributed by atoms with Crippen molar-refractivity contribution in [3.8, 4) is 0 Å². The molecule has 8 rings (SSSR count). The molecule has 0 amide bonds. The largest absolute Gasteiger partial charge is 0.392 e. The molecule has 0 bridgehead atoms. The van der Waals surface area contributed by atoms with E-state index >= 15 is 0 Å². The van der Waals surface area contributed by atoms with E-state index in [-0.39, 0.29) is 48.8 Å². The molecular formula is C80H144O8. The molecule has 8 fully saturated rings. The summed E-state index contributed by atoms with van der Waals surface area (Å²) in [5.41, 5.74) is 9.14. The third-order valence-electron chi connectivity index (χ3n) is 21.7. The Morgan fingerprint density at radius 2 is 0.261 bits per heavy atom. The lowest BCUT2D eigenvalue weighted by Gasteiger charge is -2.31. The van der Waals surface area contributed by atoms with Crippen molar-refractivity contribution in [1.29, 1.82) is 0 Å². The Balaban J connectivity index is 0.000000503. The summed E-state index contributed by atoms with van der Waals surface area (Å²) < 4.78 is 0. The first-order valence-electron chi connectivity index (χ1n) is 35.6. The van der Waals surface area contributed by atoms with Gasteiger partial charge in [-0.1, -0.05) is 153 Å². The van der Waals surface area contributed by atoms with Crippen molar-refractivity contribution in [2.24, 2.45) is 94.7 Å². The first-order chi connectivity index (χ1) is 40.9. The Labute approximate surface area is 543 Å². The molecule has 0 aliphatic heterocycles. The normalized spacial score (nSPS) is 38.6. The van der Waals surface area contributed by atoms with Crippen LogP contribution in [0.2, 0.25) is 0 Å². The fourth-order valence-electron chi connectivity index (χ4n) is 15.4. The van der Waals surface area contributed by atoms with Crippen LogP contribution in [0.15, 0.2) is 97.2 Å². The summed E-state index contributed by atoms with van der Waals surface area (Å²) in [5, 5.41) is 77.2. The fourth-order valence-corrected chi connectivity index (χ4v) is 15.4. The highest BCUT2D eigenvalue weighted by atomic mass is 16.3. The third kappa shape index (κ3) is 32.0. The minimum Gasteiger partial charge on any atom is -0.392 e. The van der Waals surface area contributed by atoms with E-state index in [9.17, 15) is 40.9 Å². The standard InChI is InChI=1S/8C10H18O/c8*1-7(2)9-5-4-8(3)6-10(9)11/h8*8-11H,1,4-6H2,2-3H3/t8?,9?,10-;8?,9-,10?;8?,9-,10-;8-,9?,10?;8-,9?,10-;8-,9-,10?;8-,9-,10-;/m1111111./s1. The van der Waals surface area contributed by atoms with Crippen LogP contribution >= 0.6 is 0 Å². The molecule has 8 saturated carbocycles. The van der Waals surface area contributed by atoms with Crippen LogP contribution < -0.4 is 0 Å². The summed E-state index contributed by atoms with van der Waals surface area (Å²) in [6, 6.07) is 0. The van der Waals surface area contributed by atoms with E-state index in [1.54, 1.807) is 0 Å². The van der Waals surface area contributed by atoms with E-state index in [1.807, 2.05) is 55.4 Å². The fraction of sp³-hybridized carbons (Fsp3) is 0.800. The van der Waals surface area contributed by atoms with E-state index in [0.717, 1.165) is 147 Å². The van der Waals surface area contributed by atoms with Gasteiger partial charge in [-0.25, -0.2) is 0 Å². The maximum atomic E-state index is 9.65.